The predicted molar refractivity (Wildman–Crippen MR) is 101 cm³/mol. The number of amides is 1. The summed E-state index contributed by atoms with van der Waals surface area (Å²) in [5.41, 5.74) is 2.70. The van der Waals surface area contributed by atoms with Gasteiger partial charge in [-0.05, 0) is 31.2 Å². The van der Waals surface area contributed by atoms with E-state index in [9.17, 15) is 9.90 Å². The van der Waals surface area contributed by atoms with Gasteiger partial charge in [0.25, 0.3) is 5.91 Å². The Hall–Kier alpha value is -2.92. The smallest absolute Gasteiger partial charge is 0.279 e. The first-order chi connectivity index (χ1) is 12.0. The number of phenols is 1. The molecular weight excluding hydrogens is 338 g/mol. The molecule has 1 heterocycles. The van der Waals surface area contributed by atoms with Gasteiger partial charge in [-0.25, -0.2) is 0 Å². The van der Waals surface area contributed by atoms with Crippen LogP contribution in [0.15, 0.2) is 65.3 Å². The number of anilines is 1. The third-order valence-electron chi connectivity index (χ3n) is 3.86. The van der Waals surface area contributed by atoms with E-state index in [1.165, 1.54) is 6.07 Å². The summed E-state index contributed by atoms with van der Waals surface area (Å²) in [6, 6.07) is 12.1. The number of halogens is 1. The van der Waals surface area contributed by atoms with Crippen LogP contribution in [0.4, 0.5) is 5.69 Å². The molecule has 0 saturated heterocycles. The van der Waals surface area contributed by atoms with Crippen LogP contribution in [0.3, 0.4) is 0 Å². The highest BCUT2D eigenvalue weighted by Crippen LogP contribution is 2.29. The second-order valence-corrected chi connectivity index (χ2v) is 5.95. The Kier molecular flexibility index (Phi) is 4.67. The van der Waals surface area contributed by atoms with Crippen LogP contribution in [-0.4, -0.2) is 29.0 Å². The largest absolute Gasteiger partial charge is 0.507 e. The number of carbonyl (C=O) groups excluding carboxylic acids is 1. The summed E-state index contributed by atoms with van der Waals surface area (Å²) in [7, 11) is 0. The Labute approximate surface area is 150 Å². The lowest BCUT2D eigenvalue weighted by Gasteiger charge is -2.13. The lowest BCUT2D eigenvalue weighted by atomic mass is 10.1. The molecule has 1 aliphatic rings. The normalized spacial score (nSPS) is 15.6. The third-order valence-corrected chi connectivity index (χ3v) is 4.09. The zero-order valence-electron chi connectivity index (χ0n) is 13.6. The predicted octanol–water partition coefficient (Wildman–Crippen LogP) is 3.79. The van der Waals surface area contributed by atoms with Crippen molar-refractivity contribution in [3.8, 4) is 5.75 Å². The number of benzene rings is 2. The zero-order chi connectivity index (χ0) is 18.0. The number of phenolic OH excluding ortho intramolecular Hbond substituents is 1. The molecule has 0 bridgehead atoms. The van der Waals surface area contributed by atoms with Crippen molar-refractivity contribution in [3.05, 3.63) is 71.3 Å². The Bertz CT molecular complexity index is 919. The fourth-order valence-corrected chi connectivity index (χ4v) is 2.82. The molecule has 0 fully saturated rings. The molecule has 0 radical (unpaired) electrons. The minimum atomic E-state index is -0.229. The van der Waals surface area contributed by atoms with E-state index in [-0.39, 0.29) is 17.4 Å². The number of carbonyl (C=O) groups is 1. The van der Waals surface area contributed by atoms with Crippen LogP contribution in [0.5, 0.6) is 5.75 Å². The first-order valence-corrected chi connectivity index (χ1v) is 8.04. The number of hydrogen-bond acceptors (Lipinski definition) is 4. The topological polar surface area (TPSA) is 65.3 Å². The average molecular weight is 354 g/mol. The summed E-state index contributed by atoms with van der Waals surface area (Å²) in [5, 5.41) is 18.7. The van der Waals surface area contributed by atoms with Crippen molar-refractivity contribution in [1.82, 2.24) is 0 Å². The van der Waals surface area contributed by atoms with E-state index in [0.717, 1.165) is 11.3 Å². The maximum absolute atomic E-state index is 12.6. The Morgan fingerprint density at radius 1 is 1.32 bits per heavy atom. The number of fused-ring (bicyclic) bond motifs is 1. The van der Waals surface area contributed by atoms with Crippen molar-refractivity contribution in [2.75, 3.05) is 11.4 Å². The highest BCUT2D eigenvalue weighted by molar-refractivity contribution is 6.54. The van der Waals surface area contributed by atoms with Crippen LogP contribution in [0.1, 0.15) is 18.1 Å². The highest BCUT2D eigenvalue weighted by Gasteiger charge is 2.33. The van der Waals surface area contributed by atoms with E-state index >= 15 is 0 Å². The van der Waals surface area contributed by atoms with E-state index in [1.807, 2.05) is 24.3 Å². The van der Waals surface area contributed by atoms with Crippen LogP contribution in [0, 0.1) is 0 Å². The van der Waals surface area contributed by atoms with Crippen LogP contribution in [0.25, 0.3) is 0 Å². The Balaban J connectivity index is 2.02. The summed E-state index contributed by atoms with van der Waals surface area (Å²) >= 11 is 5.96. The lowest BCUT2D eigenvalue weighted by molar-refractivity contribution is -0.112. The monoisotopic (exact) mass is 353 g/mol. The van der Waals surface area contributed by atoms with Crippen molar-refractivity contribution < 1.29 is 9.90 Å². The first kappa shape index (κ1) is 16.9. The lowest BCUT2D eigenvalue weighted by Crippen LogP contribution is -2.30. The van der Waals surface area contributed by atoms with E-state index in [1.54, 1.807) is 30.0 Å². The van der Waals surface area contributed by atoms with Crippen LogP contribution in [0.2, 0.25) is 5.02 Å². The van der Waals surface area contributed by atoms with Gasteiger partial charge in [-0.2, -0.15) is 5.10 Å². The number of nitrogens with zero attached hydrogens (tertiary/aromatic N) is 3. The maximum Gasteiger partial charge on any atom is 0.279 e. The average Bonchev–Trinajstić information content (AvgIpc) is 2.87. The molecule has 0 atom stereocenters. The second-order valence-electron chi connectivity index (χ2n) is 5.52. The van der Waals surface area contributed by atoms with Gasteiger partial charge in [0.2, 0.25) is 0 Å². The van der Waals surface area contributed by atoms with Gasteiger partial charge < -0.3 is 10.0 Å². The standard InChI is InChI=1S/C19H16ClN3O2/c1-3-10-23-16-7-5-4-6-14(16)18(19(23)25)22-21-12(2)15-11-13(20)8-9-17(15)24/h3-9,11,24H,1,10H2,2H3/b21-12+,22-18-. The van der Waals surface area contributed by atoms with Crippen molar-refractivity contribution in [1.29, 1.82) is 0 Å². The molecule has 6 heteroatoms. The molecule has 3 rings (SSSR count). The molecule has 2 aromatic rings. The van der Waals surface area contributed by atoms with Crippen LogP contribution >= 0.6 is 11.6 Å². The molecule has 25 heavy (non-hydrogen) atoms. The van der Waals surface area contributed by atoms with Crippen molar-refractivity contribution in [2.45, 2.75) is 6.92 Å². The van der Waals surface area contributed by atoms with Gasteiger partial charge in [0.05, 0.1) is 11.4 Å². The highest BCUT2D eigenvalue weighted by atomic mass is 35.5. The molecular formula is C19H16ClN3O2. The van der Waals surface area contributed by atoms with Crippen molar-refractivity contribution in [3.63, 3.8) is 0 Å². The minimum Gasteiger partial charge on any atom is -0.507 e. The van der Waals surface area contributed by atoms with Gasteiger partial charge in [-0.15, -0.1) is 11.7 Å². The number of rotatable bonds is 4. The summed E-state index contributed by atoms with van der Waals surface area (Å²) in [6.07, 6.45) is 1.66. The molecule has 0 aliphatic carbocycles. The minimum absolute atomic E-state index is 0.0530. The quantitative estimate of drug-likeness (QED) is 0.516. The van der Waals surface area contributed by atoms with E-state index in [2.05, 4.69) is 16.8 Å². The molecule has 2 aromatic carbocycles. The molecule has 126 valence electrons. The van der Waals surface area contributed by atoms with Gasteiger partial charge in [0.1, 0.15) is 5.75 Å². The van der Waals surface area contributed by atoms with Gasteiger partial charge >= 0.3 is 0 Å². The molecule has 1 aliphatic heterocycles. The third kappa shape index (κ3) is 3.19. The molecule has 0 spiro atoms. The maximum atomic E-state index is 12.6. The van der Waals surface area contributed by atoms with Crippen LogP contribution < -0.4 is 4.90 Å². The summed E-state index contributed by atoms with van der Waals surface area (Å²) in [4.78, 5) is 14.2. The van der Waals surface area contributed by atoms with Crippen molar-refractivity contribution in [2.24, 2.45) is 10.2 Å². The fraction of sp³-hybridized carbons (Fsp3) is 0.105. The summed E-state index contributed by atoms with van der Waals surface area (Å²) in [6.45, 7) is 5.78. The number of aromatic hydroxyl groups is 1. The fourth-order valence-electron chi connectivity index (χ4n) is 2.65. The molecule has 1 amide bonds. The SMILES string of the molecule is C=CCN1C(=O)/C(=N\N=C(/C)c2cc(Cl)ccc2O)c2ccccc21. The number of para-hydroxylation sites is 1. The molecule has 5 nitrogen and oxygen atoms in total. The van der Waals surface area contributed by atoms with Gasteiger partial charge in [-0.1, -0.05) is 35.9 Å². The van der Waals surface area contributed by atoms with Crippen molar-refractivity contribution >= 4 is 34.6 Å². The number of hydrogen-bond donors (Lipinski definition) is 1. The Morgan fingerprint density at radius 2 is 2.08 bits per heavy atom. The van der Waals surface area contributed by atoms with E-state index in [0.29, 0.717) is 22.8 Å². The first-order valence-electron chi connectivity index (χ1n) is 7.66. The Morgan fingerprint density at radius 3 is 2.84 bits per heavy atom. The van der Waals surface area contributed by atoms with E-state index < -0.39 is 0 Å². The molecule has 1 N–H and O–H groups in total. The summed E-state index contributed by atoms with van der Waals surface area (Å²) in [5.74, 6) is -0.176. The van der Waals surface area contributed by atoms with Gasteiger partial charge in [0, 0.05) is 22.7 Å². The molecule has 0 saturated carbocycles. The van der Waals surface area contributed by atoms with Gasteiger partial charge in [-0.3, -0.25) is 4.79 Å². The molecule has 0 aromatic heterocycles. The second kappa shape index (κ2) is 6.91. The summed E-state index contributed by atoms with van der Waals surface area (Å²) < 4.78 is 0. The van der Waals surface area contributed by atoms with Gasteiger partial charge in [0.15, 0.2) is 5.71 Å². The van der Waals surface area contributed by atoms with E-state index in [4.69, 9.17) is 11.6 Å². The zero-order valence-corrected chi connectivity index (χ0v) is 14.4. The molecule has 0 unspecified atom stereocenters. The van der Waals surface area contributed by atoms with Crippen LogP contribution in [-0.2, 0) is 4.79 Å².